The summed E-state index contributed by atoms with van der Waals surface area (Å²) in [5, 5.41) is 3.68. The Morgan fingerprint density at radius 3 is 2.89 bits per heavy atom. The first-order chi connectivity index (χ1) is 9.28. The molecule has 5 heteroatoms. The molecule has 3 aromatic rings. The lowest BCUT2D eigenvalue weighted by Crippen LogP contribution is -2.03. The number of benzene rings is 1. The van der Waals surface area contributed by atoms with Crippen LogP contribution in [-0.2, 0) is 6.54 Å². The Balaban J connectivity index is 2.01. The van der Waals surface area contributed by atoms with Crippen molar-refractivity contribution in [3.63, 3.8) is 0 Å². The monoisotopic (exact) mass is 272 g/mol. The summed E-state index contributed by atoms with van der Waals surface area (Å²) in [6.07, 6.45) is 1.81. The molecule has 0 aliphatic rings. The molecule has 0 atom stereocenters. The second kappa shape index (κ2) is 4.90. The first kappa shape index (κ1) is 12.0. The molecule has 19 heavy (non-hydrogen) atoms. The van der Waals surface area contributed by atoms with Gasteiger partial charge in [-0.1, -0.05) is 23.7 Å². The Bertz CT molecular complexity index is 720. The van der Waals surface area contributed by atoms with Crippen LogP contribution in [0.5, 0.6) is 0 Å². The van der Waals surface area contributed by atoms with Crippen molar-refractivity contribution in [1.82, 2.24) is 14.5 Å². The van der Waals surface area contributed by atoms with Gasteiger partial charge in [0.15, 0.2) is 0 Å². The largest absolute Gasteiger partial charge is 0.373 e. The summed E-state index contributed by atoms with van der Waals surface area (Å²) in [5.74, 6) is 0.809. The average Bonchev–Trinajstić information content (AvgIpc) is 2.85. The van der Waals surface area contributed by atoms with E-state index in [1.54, 1.807) is 0 Å². The summed E-state index contributed by atoms with van der Waals surface area (Å²) in [7, 11) is 1.84. The molecule has 0 saturated heterocycles. The van der Waals surface area contributed by atoms with Gasteiger partial charge in [0, 0.05) is 7.05 Å². The Hall–Kier alpha value is -2.07. The third kappa shape index (κ3) is 2.27. The summed E-state index contributed by atoms with van der Waals surface area (Å²) in [4.78, 5) is 8.84. The average molecular weight is 273 g/mol. The van der Waals surface area contributed by atoms with Crippen molar-refractivity contribution in [2.24, 2.45) is 0 Å². The van der Waals surface area contributed by atoms with E-state index in [0.717, 1.165) is 22.5 Å². The number of para-hydroxylation sites is 2. The highest BCUT2D eigenvalue weighted by atomic mass is 35.5. The smallest absolute Gasteiger partial charge is 0.126 e. The van der Waals surface area contributed by atoms with Crippen LogP contribution in [0.4, 0.5) is 5.82 Å². The van der Waals surface area contributed by atoms with E-state index < -0.39 is 0 Å². The van der Waals surface area contributed by atoms with Crippen LogP contribution < -0.4 is 5.32 Å². The number of hydrogen-bond acceptors (Lipinski definition) is 3. The zero-order chi connectivity index (χ0) is 13.2. The van der Waals surface area contributed by atoms with Crippen LogP contribution in [0.1, 0.15) is 5.69 Å². The third-order valence-corrected chi connectivity index (χ3v) is 3.37. The van der Waals surface area contributed by atoms with E-state index >= 15 is 0 Å². The number of hydrogen-bond donors (Lipinski definition) is 1. The molecule has 4 nitrogen and oxygen atoms in total. The highest BCUT2D eigenvalue weighted by molar-refractivity contribution is 6.31. The summed E-state index contributed by atoms with van der Waals surface area (Å²) >= 11 is 6.20. The van der Waals surface area contributed by atoms with Crippen LogP contribution >= 0.6 is 11.6 Å². The van der Waals surface area contributed by atoms with Crippen LogP contribution in [-0.4, -0.2) is 21.6 Å². The standard InChI is InChI=1S/C14H13ClN4/c1-16-14-7-6-10(15)12(18-14)8-19-9-17-11-4-2-3-5-13(11)19/h2-7,9H,8H2,1H3,(H,16,18). The van der Waals surface area contributed by atoms with Gasteiger partial charge >= 0.3 is 0 Å². The van der Waals surface area contributed by atoms with Gasteiger partial charge in [-0.05, 0) is 24.3 Å². The molecule has 2 heterocycles. The molecular formula is C14H13ClN4. The first-order valence-electron chi connectivity index (χ1n) is 6.01. The topological polar surface area (TPSA) is 42.7 Å². The van der Waals surface area contributed by atoms with Crippen LogP contribution in [0.3, 0.4) is 0 Å². The lowest BCUT2D eigenvalue weighted by molar-refractivity contribution is 0.798. The number of anilines is 1. The predicted molar refractivity (Wildman–Crippen MR) is 77.6 cm³/mol. The number of rotatable bonds is 3. The van der Waals surface area contributed by atoms with Crippen molar-refractivity contribution in [3.8, 4) is 0 Å². The SMILES string of the molecule is CNc1ccc(Cl)c(Cn2cnc3ccccc32)n1. The highest BCUT2D eigenvalue weighted by Crippen LogP contribution is 2.20. The molecule has 0 amide bonds. The molecule has 0 aliphatic carbocycles. The van der Waals surface area contributed by atoms with Crippen LogP contribution in [0.25, 0.3) is 11.0 Å². The summed E-state index contributed by atoms with van der Waals surface area (Å²) in [6.45, 7) is 0.606. The number of nitrogens with zero attached hydrogens (tertiary/aromatic N) is 3. The second-order valence-electron chi connectivity index (χ2n) is 4.24. The zero-order valence-electron chi connectivity index (χ0n) is 10.5. The maximum atomic E-state index is 6.20. The van der Waals surface area contributed by atoms with Crippen molar-refractivity contribution in [3.05, 3.63) is 53.4 Å². The van der Waals surface area contributed by atoms with E-state index in [-0.39, 0.29) is 0 Å². The van der Waals surface area contributed by atoms with Gasteiger partial charge in [-0.15, -0.1) is 0 Å². The number of imidazole rings is 1. The van der Waals surface area contributed by atoms with Crippen LogP contribution in [0.15, 0.2) is 42.7 Å². The fraction of sp³-hybridized carbons (Fsp3) is 0.143. The molecule has 96 valence electrons. The molecule has 0 fully saturated rings. The van der Waals surface area contributed by atoms with Gasteiger partial charge < -0.3 is 9.88 Å². The van der Waals surface area contributed by atoms with E-state index in [2.05, 4.69) is 15.3 Å². The number of fused-ring (bicyclic) bond motifs is 1. The molecule has 0 saturated carbocycles. The Labute approximate surface area is 116 Å². The number of pyridine rings is 1. The third-order valence-electron chi connectivity index (χ3n) is 3.02. The maximum absolute atomic E-state index is 6.20. The van der Waals surface area contributed by atoms with Gasteiger partial charge in [0.25, 0.3) is 0 Å². The number of halogens is 1. The Morgan fingerprint density at radius 2 is 2.05 bits per heavy atom. The highest BCUT2D eigenvalue weighted by Gasteiger charge is 2.07. The van der Waals surface area contributed by atoms with Crippen molar-refractivity contribution in [2.75, 3.05) is 12.4 Å². The van der Waals surface area contributed by atoms with Gasteiger partial charge in [0.2, 0.25) is 0 Å². The number of nitrogens with one attached hydrogen (secondary N) is 1. The molecule has 1 aromatic carbocycles. The molecule has 2 aromatic heterocycles. The number of aromatic nitrogens is 3. The first-order valence-corrected chi connectivity index (χ1v) is 6.39. The predicted octanol–water partition coefficient (Wildman–Crippen LogP) is 3.17. The van der Waals surface area contributed by atoms with E-state index in [4.69, 9.17) is 11.6 Å². The quantitative estimate of drug-likeness (QED) is 0.796. The molecule has 0 bridgehead atoms. The van der Waals surface area contributed by atoms with E-state index in [0.29, 0.717) is 11.6 Å². The molecule has 0 spiro atoms. The van der Waals surface area contributed by atoms with Crippen molar-refractivity contribution in [2.45, 2.75) is 6.54 Å². The zero-order valence-corrected chi connectivity index (χ0v) is 11.2. The van der Waals surface area contributed by atoms with Crippen molar-refractivity contribution >= 4 is 28.5 Å². The van der Waals surface area contributed by atoms with Crippen molar-refractivity contribution in [1.29, 1.82) is 0 Å². The molecule has 1 N–H and O–H groups in total. The normalized spacial score (nSPS) is 10.8. The fourth-order valence-electron chi connectivity index (χ4n) is 2.03. The van der Waals surface area contributed by atoms with Gasteiger partial charge in [0.1, 0.15) is 5.82 Å². The minimum atomic E-state index is 0.606. The fourth-order valence-corrected chi connectivity index (χ4v) is 2.20. The molecular weight excluding hydrogens is 260 g/mol. The minimum Gasteiger partial charge on any atom is -0.373 e. The molecule has 3 rings (SSSR count). The lowest BCUT2D eigenvalue weighted by Gasteiger charge is -2.08. The van der Waals surface area contributed by atoms with E-state index in [9.17, 15) is 0 Å². The van der Waals surface area contributed by atoms with Crippen LogP contribution in [0, 0.1) is 0 Å². The van der Waals surface area contributed by atoms with Crippen molar-refractivity contribution < 1.29 is 0 Å². The molecule has 0 radical (unpaired) electrons. The van der Waals surface area contributed by atoms with Crippen LogP contribution in [0.2, 0.25) is 5.02 Å². The summed E-state index contributed by atoms with van der Waals surface area (Å²) in [6, 6.07) is 11.7. The van der Waals surface area contributed by atoms with Gasteiger partial charge in [-0.3, -0.25) is 0 Å². The summed E-state index contributed by atoms with van der Waals surface area (Å²) < 4.78 is 2.04. The second-order valence-corrected chi connectivity index (χ2v) is 4.64. The Kier molecular flexibility index (Phi) is 3.09. The minimum absolute atomic E-state index is 0.606. The molecule has 0 unspecified atom stereocenters. The van der Waals surface area contributed by atoms with Gasteiger partial charge in [-0.2, -0.15) is 0 Å². The molecule has 0 aliphatic heterocycles. The Morgan fingerprint density at radius 1 is 1.21 bits per heavy atom. The van der Waals surface area contributed by atoms with Gasteiger partial charge in [0.05, 0.1) is 34.6 Å². The summed E-state index contributed by atoms with van der Waals surface area (Å²) in [5.41, 5.74) is 2.88. The maximum Gasteiger partial charge on any atom is 0.126 e. The van der Waals surface area contributed by atoms with E-state index in [1.165, 1.54) is 0 Å². The lowest BCUT2D eigenvalue weighted by atomic mass is 10.3. The van der Waals surface area contributed by atoms with Gasteiger partial charge in [-0.25, -0.2) is 9.97 Å². The van der Waals surface area contributed by atoms with E-state index in [1.807, 2.05) is 54.3 Å².